The molecule has 2 unspecified atom stereocenters. The van der Waals surface area contributed by atoms with Crippen LogP contribution in [0.5, 0.6) is 0 Å². The number of nitrogens with one attached hydrogen (secondary N) is 1. The van der Waals surface area contributed by atoms with Gasteiger partial charge in [0.05, 0.1) is 6.10 Å². The van der Waals surface area contributed by atoms with Gasteiger partial charge in [-0.15, -0.1) is 0 Å². The van der Waals surface area contributed by atoms with Crippen molar-refractivity contribution in [2.45, 2.75) is 25.4 Å². The highest BCUT2D eigenvalue weighted by Crippen LogP contribution is 2.21. The monoisotopic (exact) mass is 281 g/mol. The van der Waals surface area contributed by atoms with E-state index >= 15 is 0 Å². The summed E-state index contributed by atoms with van der Waals surface area (Å²) < 4.78 is 0. The van der Waals surface area contributed by atoms with E-state index in [1.807, 2.05) is 30.3 Å². The molecule has 0 aliphatic rings. The lowest BCUT2D eigenvalue weighted by Crippen LogP contribution is -2.18. The maximum absolute atomic E-state index is 9.68. The van der Waals surface area contributed by atoms with Crippen LogP contribution in [-0.4, -0.2) is 22.7 Å². The van der Waals surface area contributed by atoms with Crippen LogP contribution < -0.4 is 5.32 Å². The molecule has 2 aromatic rings. The van der Waals surface area contributed by atoms with E-state index < -0.39 is 0 Å². The van der Waals surface area contributed by atoms with Crippen LogP contribution in [0, 0.1) is 11.3 Å². The zero-order valence-electron chi connectivity index (χ0n) is 12.0. The number of aliphatic hydroxyl groups is 1. The fourth-order valence-corrected chi connectivity index (χ4v) is 2.30. The van der Waals surface area contributed by atoms with Gasteiger partial charge in [0.2, 0.25) is 0 Å². The topological polar surface area (TPSA) is 68.9 Å². The Morgan fingerprint density at radius 1 is 1.19 bits per heavy atom. The molecule has 0 bridgehead atoms. The Bertz CT molecular complexity index is 605. The van der Waals surface area contributed by atoms with Gasteiger partial charge >= 0.3 is 0 Å². The zero-order valence-corrected chi connectivity index (χ0v) is 12.0. The minimum atomic E-state index is -0.365. The summed E-state index contributed by atoms with van der Waals surface area (Å²) in [6.07, 6.45) is 0.310. The first kappa shape index (κ1) is 15.0. The molecule has 0 radical (unpaired) electrons. The van der Waals surface area contributed by atoms with E-state index in [0.717, 1.165) is 0 Å². The molecule has 0 spiro atoms. The van der Waals surface area contributed by atoms with Gasteiger partial charge in [-0.05, 0) is 31.0 Å². The van der Waals surface area contributed by atoms with E-state index in [0.29, 0.717) is 24.5 Å². The van der Waals surface area contributed by atoms with Crippen molar-refractivity contribution in [3.63, 3.8) is 0 Å². The summed E-state index contributed by atoms with van der Waals surface area (Å²) in [5.74, 6) is 0.874. The maximum atomic E-state index is 9.68. The predicted molar refractivity (Wildman–Crippen MR) is 82.9 cm³/mol. The fourth-order valence-electron chi connectivity index (χ4n) is 2.30. The zero-order chi connectivity index (χ0) is 15.1. The SMILES string of the molecule is CC(O)CC(CNc1cccc(C#N)n1)c1ccccc1. The highest BCUT2D eigenvalue weighted by molar-refractivity contribution is 5.39. The summed E-state index contributed by atoms with van der Waals surface area (Å²) in [6, 6.07) is 17.5. The van der Waals surface area contributed by atoms with Crippen molar-refractivity contribution in [1.82, 2.24) is 4.98 Å². The average Bonchev–Trinajstić information content (AvgIpc) is 2.52. The second-order valence-electron chi connectivity index (χ2n) is 5.09. The van der Waals surface area contributed by atoms with Gasteiger partial charge < -0.3 is 10.4 Å². The van der Waals surface area contributed by atoms with Crippen molar-refractivity contribution in [2.75, 3.05) is 11.9 Å². The third kappa shape index (κ3) is 4.59. The summed E-state index contributed by atoms with van der Waals surface area (Å²) in [7, 11) is 0. The second kappa shape index (κ2) is 7.41. The van der Waals surface area contributed by atoms with E-state index in [1.165, 1.54) is 5.56 Å². The molecule has 1 heterocycles. The Morgan fingerprint density at radius 3 is 2.62 bits per heavy atom. The maximum Gasteiger partial charge on any atom is 0.142 e. The lowest BCUT2D eigenvalue weighted by atomic mass is 9.93. The normalized spacial score (nSPS) is 13.2. The number of aromatic nitrogens is 1. The molecule has 108 valence electrons. The summed E-state index contributed by atoms with van der Waals surface area (Å²) in [5, 5.41) is 21.8. The van der Waals surface area contributed by atoms with Crippen LogP contribution in [0.2, 0.25) is 0 Å². The first-order chi connectivity index (χ1) is 10.2. The lowest BCUT2D eigenvalue weighted by Gasteiger charge is -2.20. The van der Waals surface area contributed by atoms with Crippen molar-refractivity contribution in [3.05, 3.63) is 59.8 Å². The molecule has 0 aliphatic heterocycles. The number of aliphatic hydroxyl groups excluding tert-OH is 1. The molecule has 0 aliphatic carbocycles. The second-order valence-corrected chi connectivity index (χ2v) is 5.09. The highest BCUT2D eigenvalue weighted by Gasteiger charge is 2.14. The standard InChI is InChI=1S/C17H19N3O/c1-13(21)10-15(14-6-3-2-4-7-14)12-19-17-9-5-8-16(11-18)20-17/h2-9,13,15,21H,10,12H2,1H3,(H,19,20). The largest absolute Gasteiger partial charge is 0.393 e. The van der Waals surface area contributed by atoms with Crippen molar-refractivity contribution in [2.24, 2.45) is 0 Å². The van der Waals surface area contributed by atoms with Crippen LogP contribution in [0.15, 0.2) is 48.5 Å². The molecular weight excluding hydrogens is 262 g/mol. The Hall–Kier alpha value is -2.38. The number of anilines is 1. The smallest absolute Gasteiger partial charge is 0.142 e. The molecule has 2 rings (SSSR count). The average molecular weight is 281 g/mol. The van der Waals surface area contributed by atoms with Crippen LogP contribution in [0.4, 0.5) is 5.82 Å². The van der Waals surface area contributed by atoms with Gasteiger partial charge in [0, 0.05) is 12.5 Å². The lowest BCUT2D eigenvalue weighted by molar-refractivity contribution is 0.175. The quantitative estimate of drug-likeness (QED) is 0.854. The number of rotatable bonds is 6. The van der Waals surface area contributed by atoms with E-state index in [1.54, 1.807) is 19.1 Å². The minimum Gasteiger partial charge on any atom is -0.393 e. The molecule has 1 aromatic carbocycles. The Balaban J connectivity index is 2.07. The Morgan fingerprint density at radius 2 is 1.95 bits per heavy atom. The van der Waals surface area contributed by atoms with E-state index in [9.17, 15) is 5.11 Å². The van der Waals surface area contributed by atoms with Crippen LogP contribution in [0.1, 0.15) is 30.5 Å². The summed E-state index contributed by atoms with van der Waals surface area (Å²) in [5.41, 5.74) is 1.58. The first-order valence-electron chi connectivity index (χ1n) is 7.03. The van der Waals surface area contributed by atoms with E-state index in [-0.39, 0.29) is 12.0 Å². The Labute approximate surface area is 125 Å². The van der Waals surface area contributed by atoms with Crippen molar-refractivity contribution in [3.8, 4) is 6.07 Å². The number of nitrogens with zero attached hydrogens (tertiary/aromatic N) is 2. The predicted octanol–water partition coefficient (Wildman–Crippen LogP) is 2.92. The van der Waals surface area contributed by atoms with Gasteiger partial charge in [0.1, 0.15) is 17.6 Å². The van der Waals surface area contributed by atoms with Gasteiger partial charge in [-0.1, -0.05) is 36.4 Å². The number of pyridine rings is 1. The molecule has 0 fully saturated rings. The van der Waals surface area contributed by atoms with Gasteiger partial charge in [-0.3, -0.25) is 0 Å². The van der Waals surface area contributed by atoms with Crippen LogP contribution in [0.3, 0.4) is 0 Å². The summed E-state index contributed by atoms with van der Waals surface area (Å²) >= 11 is 0. The molecule has 2 N–H and O–H groups in total. The molecule has 0 saturated heterocycles. The first-order valence-corrected chi connectivity index (χ1v) is 7.03. The minimum absolute atomic E-state index is 0.193. The number of benzene rings is 1. The third-order valence-electron chi connectivity index (χ3n) is 3.29. The third-order valence-corrected chi connectivity index (χ3v) is 3.29. The highest BCUT2D eigenvalue weighted by atomic mass is 16.3. The fraction of sp³-hybridized carbons (Fsp3) is 0.294. The van der Waals surface area contributed by atoms with Gasteiger partial charge in [-0.2, -0.15) is 5.26 Å². The van der Waals surface area contributed by atoms with Crippen molar-refractivity contribution >= 4 is 5.82 Å². The number of hydrogen-bond acceptors (Lipinski definition) is 4. The number of hydrogen-bond donors (Lipinski definition) is 2. The van der Waals surface area contributed by atoms with E-state index in [4.69, 9.17) is 5.26 Å². The molecule has 21 heavy (non-hydrogen) atoms. The Kier molecular flexibility index (Phi) is 5.30. The molecular formula is C17H19N3O. The molecule has 0 saturated carbocycles. The van der Waals surface area contributed by atoms with Crippen LogP contribution in [0.25, 0.3) is 0 Å². The van der Waals surface area contributed by atoms with E-state index in [2.05, 4.69) is 22.4 Å². The molecule has 2 atom stereocenters. The van der Waals surface area contributed by atoms with Gasteiger partial charge in [0.25, 0.3) is 0 Å². The summed E-state index contributed by atoms with van der Waals surface area (Å²) in [6.45, 7) is 2.46. The molecule has 4 nitrogen and oxygen atoms in total. The van der Waals surface area contributed by atoms with Gasteiger partial charge in [-0.25, -0.2) is 4.98 Å². The molecule has 0 amide bonds. The van der Waals surface area contributed by atoms with Crippen LogP contribution in [-0.2, 0) is 0 Å². The number of nitriles is 1. The van der Waals surface area contributed by atoms with Gasteiger partial charge in [0.15, 0.2) is 0 Å². The summed E-state index contributed by atoms with van der Waals surface area (Å²) in [4.78, 5) is 4.20. The molecule has 4 heteroatoms. The van der Waals surface area contributed by atoms with Crippen molar-refractivity contribution in [1.29, 1.82) is 5.26 Å². The molecule has 1 aromatic heterocycles. The van der Waals surface area contributed by atoms with Crippen LogP contribution >= 0.6 is 0 Å². The van der Waals surface area contributed by atoms with Crippen molar-refractivity contribution < 1.29 is 5.11 Å².